The summed E-state index contributed by atoms with van der Waals surface area (Å²) >= 11 is 0. The fourth-order valence-electron chi connectivity index (χ4n) is 1.36. The number of allylic oxidation sites excluding steroid dienone is 1. The highest BCUT2D eigenvalue weighted by atomic mass is 16.5. The largest absolute Gasteiger partial charge is 0.449 e. The fraction of sp³-hybridized carbons (Fsp3) is 0.267. The Kier molecular flexibility index (Phi) is 6.67. The zero-order chi connectivity index (χ0) is 15.7. The highest BCUT2D eigenvalue weighted by Crippen LogP contribution is 1.97. The molecule has 112 valence electrons. The summed E-state index contributed by atoms with van der Waals surface area (Å²) in [5, 5.41) is 0. The molecule has 0 spiro atoms. The summed E-state index contributed by atoms with van der Waals surface area (Å²) in [6, 6.07) is 8.42. The number of ether oxygens (including phenoxy) is 1. The molecule has 2 N–H and O–H groups in total. The third-order valence-electron chi connectivity index (χ3n) is 2.49. The van der Waals surface area contributed by atoms with Crippen LogP contribution < -0.4 is 10.9 Å². The van der Waals surface area contributed by atoms with Crippen LogP contribution in [0.3, 0.4) is 0 Å². The van der Waals surface area contributed by atoms with Gasteiger partial charge in [0.1, 0.15) is 0 Å². The maximum Gasteiger partial charge on any atom is 0.331 e. The van der Waals surface area contributed by atoms with Gasteiger partial charge in [0, 0.05) is 11.6 Å². The number of amides is 2. The number of hydrogen-bond acceptors (Lipinski definition) is 4. The molecule has 1 rings (SSSR count). The van der Waals surface area contributed by atoms with Gasteiger partial charge in [-0.1, -0.05) is 31.2 Å². The molecule has 0 aliphatic carbocycles. The Hall–Kier alpha value is -2.63. The Morgan fingerprint density at radius 3 is 2.48 bits per heavy atom. The molecule has 0 saturated carbocycles. The van der Waals surface area contributed by atoms with Gasteiger partial charge < -0.3 is 4.74 Å². The van der Waals surface area contributed by atoms with Gasteiger partial charge in [-0.2, -0.15) is 0 Å². The summed E-state index contributed by atoms with van der Waals surface area (Å²) in [4.78, 5) is 34.7. The number of nitrogens with one attached hydrogen (secondary N) is 2. The van der Waals surface area contributed by atoms with Crippen molar-refractivity contribution in [2.45, 2.75) is 26.4 Å². The second-order valence-electron chi connectivity index (χ2n) is 4.20. The number of carbonyl (C=O) groups excluding carboxylic acids is 3. The molecule has 1 atom stereocenters. The number of hydrazine groups is 1. The quantitative estimate of drug-likeness (QED) is 0.487. The SMILES string of the molecule is CC/C=C/C(=O)O[C@H](C)C(=O)NNC(=O)c1ccccc1. The van der Waals surface area contributed by atoms with Crippen LogP contribution in [-0.2, 0) is 14.3 Å². The van der Waals surface area contributed by atoms with Crippen LogP contribution in [0.15, 0.2) is 42.5 Å². The summed E-state index contributed by atoms with van der Waals surface area (Å²) in [5.74, 6) is -1.67. The summed E-state index contributed by atoms with van der Waals surface area (Å²) in [6.45, 7) is 3.29. The molecule has 6 nitrogen and oxygen atoms in total. The van der Waals surface area contributed by atoms with E-state index in [1.165, 1.54) is 13.0 Å². The molecule has 0 fully saturated rings. The Balaban J connectivity index is 2.41. The molecule has 0 radical (unpaired) electrons. The molecular weight excluding hydrogens is 272 g/mol. The van der Waals surface area contributed by atoms with E-state index in [0.717, 1.165) is 0 Å². The van der Waals surface area contributed by atoms with Crippen molar-refractivity contribution in [2.75, 3.05) is 0 Å². The molecule has 1 aromatic carbocycles. The monoisotopic (exact) mass is 290 g/mol. The Bertz CT molecular complexity index is 526. The Labute approximate surface area is 123 Å². The lowest BCUT2D eigenvalue weighted by Gasteiger charge is -2.13. The van der Waals surface area contributed by atoms with Crippen LogP contribution in [0.5, 0.6) is 0 Å². The molecule has 0 heterocycles. The third-order valence-corrected chi connectivity index (χ3v) is 2.49. The second kappa shape index (κ2) is 8.52. The van der Waals surface area contributed by atoms with E-state index in [-0.39, 0.29) is 0 Å². The Morgan fingerprint density at radius 2 is 1.86 bits per heavy atom. The molecule has 2 amide bonds. The molecule has 0 aliphatic rings. The van der Waals surface area contributed by atoms with Crippen LogP contribution >= 0.6 is 0 Å². The minimum atomic E-state index is -1.00. The average Bonchev–Trinajstić information content (AvgIpc) is 2.50. The molecule has 0 aromatic heterocycles. The van der Waals surface area contributed by atoms with E-state index < -0.39 is 23.9 Å². The van der Waals surface area contributed by atoms with E-state index in [9.17, 15) is 14.4 Å². The first-order valence-corrected chi connectivity index (χ1v) is 6.57. The minimum Gasteiger partial charge on any atom is -0.449 e. The van der Waals surface area contributed by atoms with Crippen molar-refractivity contribution >= 4 is 17.8 Å². The number of hydrogen-bond donors (Lipinski definition) is 2. The van der Waals surface area contributed by atoms with Crippen molar-refractivity contribution in [3.63, 3.8) is 0 Å². The summed E-state index contributed by atoms with van der Waals surface area (Å²) in [6.07, 6.45) is 2.58. The van der Waals surface area contributed by atoms with Gasteiger partial charge in [0.05, 0.1) is 0 Å². The average molecular weight is 290 g/mol. The van der Waals surface area contributed by atoms with Crippen LogP contribution in [0.1, 0.15) is 30.6 Å². The van der Waals surface area contributed by atoms with Crippen LogP contribution in [-0.4, -0.2) is 23.9 Å². The van der Waals surface area contributed by atoms with Crippen LogP contribution in [0.4, 0.5) is 0 Å². The maximum atomic E-state index is 11.7. The van der Waals surface area contributed by atoms with Crippen molar-refractivity contribution < 1.29 is 19.1 Å². The normalized spacial score (nSPS) is 11.7. The van der Waals surface area contributed by atoms with Crippen molar-refractivity contribution in [3.05, 3.63) is 48.0 Å². The highest BCUT2D eigenvalue weighted by molar-refractivity contribution is 5.96. The standard InChI is InChI=1S/C15H18N2O4/c1-3-4-10-13(18)21-11(2)14(19)16-17-15(20)12-8-6-5-7-9-12/h4-11H,3H2,1-2H3,(H,16,19)(H,17,20)/b10-4+/t11-/m1/s1. The lowest BCUT2D eigenvalue weighted by Crippen LogP contribution is -2.46. The summed E-state index contributed by atoms with van der Waals surface area (Å²) < 4.78 is 4.86. The molecule has 0 unspecified atom stereocenters. The molecular formula is C15H18N2O4. The number of esters is 1. The lowest BCUT2D eigenvalue weighted by atomic mass is 10.2. The van der Waals surface area contributed by atoms with E-state index in [1.807, 2.05) is 6.92 Å². The summed E-state index contributed by atoms with van der Waals surface area (Å²) in [7, 11) is 0. The molecule has 1 aromatic rings. The zero-order valence-corrected chi connectivity index (χ0v) is 12.0. The molecule has 0 aliphatic heterocycles. The minimum absolute atomic E-state index is 0.410. The van der Waals surface area contributed by atoms with Gasteiger partial charge in [0.25, 0.3) is 11.8 Å². The van der Waals surface area contributed by atoms with Crippen molar-refractivity contribution in [2.24, 2.45) is 0 Å². The van der Waals surface area contributed by atoms with Gasteiger partial charge in [0.2, 0.25) is 0 Å². The van der Waals surface area contributed by atoms with E-state index in [2.05, 4.69) is 10.9 Å². The number of benzene rings is 1. The third kappa shape index (κ3) is 5.90. The smallest absolute Gasteiger partial charge is 0.331 e. The van der Waals surface area contributed by atoms with E-state index in [1.54, 1.807) is 36.4 Å². The van der Waals surface area contributed by atoms with E-state index in [4.69, 9.17) is 4.74 Å². The van der Waals surface area contributed by atoms with E-state index >= 15 is 0 Å². The maximum absolute atomic E-state index is 11.7. The Morgan fingerprint density at radius 1 is 1.19 bits per heavy atom. The topological polar surface area (TPSA) is 84.5 Å². The van der Waals surface area contributed by atoms with Gasteiger partial charge in [0.15, 0.2) is 6.10 Å². The fourth-order valence-corrected chi connectivity index (χ4v) is 1.36. The summed E-state index contributed by atoms with van der Waals surface area (Å²) in [5.41, 5.74) is 4.86. The van der Waals surface area contributed by atoms with Gasteiger partial charge >= 0.3 is 5.97 Å². The molecule has 6 heteroatoms. The molecule has 21 heavy (non-hydrogen) atoms. The predicted octanol–water partition coefficient (Wildman–Crippen LogP) is 1.35. The van der Waals surface area contributed by atoms with Gasteiger partial charge in [-0.05, 0) is 25.5 Å². The second-order valence-corrected chi connectivity index (χ2v) is 4.20. The first-order valence-electron chi connectivity index (χ1n) is 6.57. The first kappa shape index (κ1) is 16.4. The first-order chi connectivity index (χ1) is 10.0. The lowest BCUT2D eigenvalue weighted by molar-refractivity contribution is -0.150. The van der Waals surface area contributed by atoms with E-state index in [0.29, 0.717) is 12.0 Å². The van der Waals surface area contributed by atoms with Crippen molar-refractivity contribution in [1.82, 2.24) is 10.9 Å². The predicted molar refractivity (Wildman–Crippen MR) is 77.0 cm³/mol. The van der Waals surface area contributed by atoms with Crippen LogP contribution in [0, 0.1) is 0 Å². The number of carbonyl (C=O) groups is 3. The van der Waals surface area contributed by atoms with Gasteiger partial charge in [-0.3, -0.25) is 20.4 Å². The van der Waals surface area contributed by atoms with Crippen molar-refractivity contribution in [1.29, 1.82) is 0 Å². The van der Waals surface area contributed by atoms with Crippen LogP contribution in [0.25, 0.3) is 0 Å². The van der Waals surface area contributed by atoms with Crippen molar-refractivity contribution in [3.8, 4) is 0 Å². The van der Waals surface area contributed by atoms with Gasteiger partial charge in [-0.25, -0.2) is 4.79 Å². The van der Waals surface area contributed by atoms with Crippen LogP contribution in [0.2, 0.25) is 0 Å². The zero-order valence-electron chi connectivity index (χ0n) is 12.0. The molecule has 0 saturated heterocycles. The molecule has 0 bridgehead atoms. The number of rotatable bonds is 5. The highest BCUT2D eigenvalue weighted by Gasteiger charge is 2.17. The van der Waals surface area contributed by atoms with Gasteiger partial charge in [-0.15, -0.1) is 0 Å².